The Labute approximate surface area is 141 Å². The Balaban J connectivity index is 1.66. The maximum absolute atomic E-state index is 12.3. The van der Waals surface area contributed by atoms with Crippen LogP contribution in [0.2, 0.25) is 0 Å². The summed E-state index contributed by atoms with van der Waals surface area (Å²) in [7, 11) is 3.92. The van der Waals surface area contributed by atoms with Crippen molar-refractivity contribution in [2.75, 3.05) is 37.0 Å². The van der Waals surface area contributed by atoms with Gasteiger partial charge in [-0.15, -0.1) is 0 Å². The highest BCUT2D eigenvalue weighted by atomic mass is 16.1. The zero-order chi connectivity index (χ0) is 16.9. The lowest BCUT2D eigenvalue weighted by molar-refractivity contribution is 0.0932. The Hall–Kier alpha value is -2.70. The highest BCUT2D eigenvalue weighted by Crippen LogP contribution is 2.20. The minimum Gasteiger partial charge on any atom is -0.363 e. The molecule has 7 heteroatoms. The minimum atomic E-state index is -0.0772. The summed E-state index contributed by atoms with van der Waals surface area (Å²) in [5, 5.41) is 3.10. The third-order valence-electron chi connectivity index (χ3n) is 4.10. The molecule has 7 nitrogen and oxygen atoms in total. The average Bonchev–Trinajstić information content (AvgIpc) is 2.63. The van der Waals surface area contributed by atoms with Crippen LogP contribution in [0.3, 0.4) is 0 Å². The summed E-state index contributed by atoms with van der Waals surface area (Å²) >= 11 is 0. The van der Waals surface area contributed by atoms with Gasteiger partial charge in [0.2, 0.25) is 0 Å². The van der Waals surface area contributed by atoms with Crippen LogP contribution in [-0.2, 0) is 0 Å². The summed E-state index contributed by atoms with van der Waals surface area (Å²) in [5.41, 5.74) is 0.589. The molecule has 0 bridgehead atoms. The lowest BCUT2D eigenvalue weighted by atomic mass is 10.1. The maximum atomic E-state index is 12.3. The lowest BCUT2D eigenvalue weighted by Crippen LogP contribution is -2.48. The Bertz CT molecular complexity index is 690. The first-order chi connectivity index (χ1) is 11.6. The molecule has 1 N–H and O–H groups in total. The first kappa shape index (κ1) is 16.2. The van der Waals surface area contributed by atoms with E-state index in [1.165, 1.54) is 0 Å². The fourth-order valence-corrected chi connectivity index (χ4v) is 2.82. The molecule has 1 saturated heterocycles. The number of carbonyl (C=O) groups excluding carboxylic acids is 1. The summed E-state index contributed by atoms with van der Waals surface area (Å²) in [6, 6.07) is 5.62. The molecule has 0 spiro atoms. The summed E-state index contributed by atoms with van der Waals surface area (Å²) in [6.07, 6.45) is 6.82. The first-order valence-corrected chi connectivity index (χ1v) is 8.08. The zero-order valence-electron chi connectivity index (χ0n) is 14.0. The number of hydrogen-bond acceptors (Lipinski definition) is 6. The van der Waals surface area contributed by atoms with Gasteiger partial charge < -0.3 is 15.1 Å². The lowest BCUT2D eigenvalue weighted by Gasteiger charge is -2.34. The fourth-order valence-electron chi connectivity index (χ4n) is 2.82. The molecule has 1 unspecified atom stereocenters. The highest BCUT2D eigenvalue weighted by molar-refractivity contribution is 5.94. The van der Waals surface area contributed by atoms with E-state index in [0.717, 1.165) is 37.6 Å². The van der Waals surface area contributed by atoms with Gasteiger partial charge in [-0.3, -0.25) is 9.78 Å². The molecular formula is C17H22N6O. The normalized spacial score (nSPS) is 17.4. The van der Waals surface area contributed by atoms with Crippen LogP contribution >= 0.6 is 0 Å². The number of amides is 1. The SMILES string of the molecule is CN(C)c1cc(N2CCCC(NC(=O)c3cccnc3)C2)ncn1. The van der Waals surface area contributed by atoms with Crippen LogP contribution in [0.5, 0.6) is 0 Å². The number of nitrogens with zero attached hydrogens (tertiary/aromatic N) is 5. The van der Waals surface area contributed by atoms with Crippen molar-refractivity contribution in [3.05, 3.63) is 42.5 Å². The zero-order valence-corrected chi connectivity index (χ0v) is 14.0. The van der Waals surface area contributed by atoms with E-state index < -0.39 is 0 Å². The molecule has 2 aromatic rings. The van der Waals surface area contributed by atoms with Gasteiger partial charge in [0.15, 0.2) is 0 Å². The van der Waals surface area contributed by atoms with Crippen molar-refractivity contribution >= 4 is 17.5 Å². The number of rotatable bonds is 4. The van der Waals surface area contributed by atoms with Crippen molar-refractivity contribution in [1.29, 1.82) is 0 Å². The highest BCUT2D eigenvalue weighted by Gasteiger charge is 2.23. The number of aromatic nitrogens is 3. The monoisotopic (exact) mass is 326 g/mol. The number of anilines is 2. The van der Waals surface area contributed by atoms with Crippen LogP contribution in [-0.4, -0.2) is 54.1 Å². The van der Waals surface area contributed by atoms with Crippen LogP contribution in [0.4, 0.5) is 11.6 Å². The van der Waals surface area contributed by atoms with E-state index in [9.17, 15) is 4.79 Å². The summed E-state index contributed by atoms with van der Waals surface area (Å²) in [6.45, 7) is 1.68. The number of piperidine rings is 1. The van der Waals surface area contributed by atoms with Crippen molar-refractivity contribution in [2.45, 2.75) is 18.9 Å². The van der Waals surface area contributed by atoms with Gasteiger partial charge in [-0.1, -0.05) is 0 Å². The van der Waals surface area contributed by atoms with E-state index in [2.05, 4.69) is 25.2 Å². The standard InChI is InChI=1S/C17H22N6O/c1-22(2)15-9-16(20-12-19-15)23-8-4-6-14(11-23)21-17(24)13-5-3-7-18-10-13/h3,5,7,9-10,12,14H,4,6,8,11H2,1-2H3,(H,21,24). The third kappa shape index (κ3) is 3.79. The Morgan fingerprint density at radius 2 is 2.25 bits per heavy atom. The fraction of sp³-hybridized carbons (Fsp3) is 0.412. The van der Waals surface area contributed by atoms with Gasteiger partial charge >= 0.3 is 0 Å². The van der Waals surface area contributed by atoms with Crippen LogP contribution in [0.1, 0.15) is 23.2 Å². The molecule has 1 aliphatic heterocycles. The topological polar surface area (TPSA) is 74.2 Å². The Morgan fingerprint density at radius 1 is 1.38 bits per heavy atom. The summed E-state index contributed by atoms with van der Waals surface area (Å²) < 4.78 is 0. The van der Waals surface area contributed by atoms with Crippen molar-refractivity contribution in [3.63, 3.8) is 0 Å². The van der Waals surface area contributed by atoms with E-state index in [-0.39, 0.29) is 11.9 Å². The molecule has 0 aromatic carbocycles. The van der Waals surface area contributed by atoms with Crippen LogP contribution in [0.25, 0.3) is 0 Å². The number of hydrogen-bond donors (Lipinski definition) is 1. The van der Waals surface area contributed by atoms with Gasteiger partial charge in [0.25, 0.3) is 5.91 Å². The first-order valence-electron chi connectivity index (χ1n) is 8.08. The average molecular weight is 326 g/mol. The number of pyridine rings is 1. The van der Waals surface area contributed by atoms with Gasteiger partial charge in [-0.05, 0) is 25.0 Å². The van der Waals surface area contributed by atoms with Gasteiger partial charge in [0.1, 0.15) is 18.0 Å². The number of carbonyl (C=O) groups is 1. The van der Waals surface area contributed by atoms with Crippen molar-refractivity contribution in [3.8, 4) is 0 Å². The quantitative estimate of drug-likeness (QED) is 0.914. The van der Waals surface area contributed by atoms with Gasteiger partial charge in [0.05, 0.1) is 5.56 Å². The predicted molar refractivity (Wildman–Crippen MR) is 93.3 cm³/mol. The van der Waals surface area contributed by atoms with Gasteiger partial charge in [-0.25, -0.2) is 9.97 Å². The molecule has 24 heavy (non-hydrogen) atoms. The van der Waals surface area contributed by atoms with Crippen molar-refractivity contribution in [2.24, 2.45) is 0 Å². The third-order valence-corrected chi connectivity index (χ3v) is 4.10. The van der Waals surface area contributed by atoms with E-state index in [1.54, 1.807) is 30.9 Å². The van der Waals surface area contributed by atoms with Crippen LogP contribution in [0.15, 0.2) is 36.9 Å². The molecule has 1 fully saturated rings. The van der Waals surface area contributed by atoms with Gasteiger partial charge in [0, 0.05) is 51.7 Å². The molecule has 3 rings (SSSR count). The molecule has 3 heterocycles. The second-order valence-electron chi connectivity index (χ2n) is 6.13. The minimum absolute atomic E-state index is 0.0772. The largest absolute Gasteiger partial charge is 0.363 e. The van der Waals surface area contributed by atoms with E-state index in [1.807, 2.05) is 25.1 Å². The Morgan fingerprint density at radius 3 is 3.00 bits per heavy atom. The summed E-state index contributed by atoms with van der Waals surface area (Å²) in [5.74, 6) is 1.70. The number of nitrogens with one attached hydrogen (secondary N) is 1. The van der Waals surface area contributed by atoms with Gasteiger partial charge in [-0.2, -0.15) is 0 Å². The molecule has 1 aliphatic rings. The molecule has 126 valence electrons. The second-order valence-corrected chi connectivity index (χ2v) is 6.13. The molecule has 2 aromatic heterocycles. The molecule has 1 atom stereocenters. The maximum Gasteiger partial charge on any atom is 0.253 e. The molecule has 0 saturated carbocycles. The molecule has 0 aliphatic carbocycles. The van der Waals surface area contributed by atoms with Crippen molar-refractivity contribution in [1.82, 2.24) is 20.3 Å². The van der Waals surface area contributed by atoms with E-state index in [4.69, 9.17) is 0 Å². The molecule has 0 radical (unpaired) electrons. The summed E-state index contributed by atoms with van der Waals surface area (Å²) in [4.78, 5) is 29.1. The van der Waals surface area contributed by atoms with E-state index >= 15 is 0 Å². The predicted octanol–water partition coefficient (Wildman–Crippen LogP) is 1.34. The molecule has 1 amide bonds. The Kier molecular flexibility index (Phi) is 4.88. The van der Waals surface area contributed by atoms with Crippen LogP contribution in [0, 0.1) is 0 Å². The smallest absolute Gasteiger partial charge is 0.253 e. The molecular weight excluding hydrogens is 304 g/mol. The van der Waals surface area contributed by atoms with E-state index in [0.29, 0.717) is 5.56 Å². The van der Waals surface area contributed by atoms with Crippen molar-refractivity contribution < 1.29 is 4.79 Å². The van der Waals surface area contributed by atoms with Crippen LogP contribution < -0.4 is 15.1 Å². The second kappa shape index (κ2) is 7.25.